The van der Waals surface area contributed by atoms with Gasteiger partial charge in [0.2, 0.25) is 0 Å². The molecule has 0 heterocycles. The molecule has 1 N–H and O–H groups in total. The molecule has 0 radical (unpaired) electrons. The van der Waals surface area contributed by atoms with E-state index in [4.69, 9.17) is 14.0 Å². The summed E-state index contributed by atoms with van der Waals surface area (Å²) in [6.07, 6.45) is 0. The summed E-state index contributed by atoms with van der Waals surface area (Å²) in [5, 5.41) is 7.03. The van der Waals surface area contributed by atoms with Crippen LogP contribution in [0.1, 0.15) is 0 Å². The second-order valence-electron chi connectivity index (χ2n) is 0.526. The Morgan fingerprint density at radius 1 is 1.56 bits per heavy atom. The van der Waals surface area contributed by atoms with Gasteiger partial charge in [0.1, 0.15) is 11.4 Å². The third kappa shape index (κ3) is 80.0. The Morgan fingerprint density at radius 2 is 1.67 bits per heavy atom. The highest BCUT2D eigenvalue weighted by Gasteiger charge is 1.86. The van der Waals surface area contributed by atoms with E-state index in [1.807, 2.05) is 0 Å². The van der Waals surface area contributed by atoms with E-state index in [1.54, 1.807) is 0 Å². The lowest BCUT2D eigenvalue weighted by molar-refractivity contribution is -0.132. The van der Waals surface area contributed by atoms with Crippen molar-refractivity contribution in [2.24, 2.45) is 0 Å². The van der Waals surface area contributed by atoms with Gasteiger partial charge in [-0.3, -0.25) is 0 Å². The number of halogens is 3. The highest BCUT2D eigenvalue weighted by Crippen LogP contribution is 1.87. The van der Waals surface area contributed by atoms with Crippen LogP contribution in [-0.2, 0) is 15.7 Å². The second-order valence-corrected chi connectivity index (χ2v) is 1.08. The largest absolute Gasteiger partial charge is 0.748 e. The van der Waals surface area contributed by atoms with Crippen LogP contribution in [0.25, 0.3) is 0 Å². The molecule has 0 saturated heterocycles. The highest BCUT2D eigenvalue weighted by atomic mass is 32.2. The zero-order valence-corrected chi connectivity index (χ0v) is 4.61. The summed E-state index contributed by atoms with van der Waals surface area (Å²) >= 11 is -2.77. The fraction of sp³-hybridized carbons (Fsp3) is 1.00. The first-order valence-corrected chi connectivity index (χ1v) is 2.34. The molecule has 0 rings (SSSR count). The normalized spacial score (nSPS) is 12.2. The molecule has 1 unspecified atom stereocenters. The van der Waals surface area contributed by atoms with Crippen LogP contribution in [0.15, 0.2) is 0 Å². The van der Waals surface area contributed by atoms with Crippen LogP contribution in [0.5, 0.6) is 0 Å². The maximum atomic E-state index is 9.67. The molecule has 1 atom stereocenters. The van der Waals surface area contributed by atoms with E-state index in [-0.39, 0.29) is 0 Å². The highest BCUT2D eigenvalue weighted by molar-refractivity contribution is 7.73. The van der Waals surface area contributed by atoms with Crippen molar-refractivity contribution >= 4 is 11.4 Å². The molecule has 0 fully saturated rings. The Bertz CT molecular complexity index is 73.5. The SMILES string of the molecule is FC(F)F.O=S([O-])OO. The van der Waals surface area contributed by atoms with Crippen LogP contribution in [-0.4, -0.2) is 20.7 Å². The summed E-state index contributed by atoms with van der Waals surface area (Å²) in [6, 6.07) is 0. The molecule has 4 nitrogen and oxygen atoms in total. The van der Waals surface area contributed by atoms with Crippen molar-refractivity contribution < 1.29 is 31.5 Å². The molecule has 0 aliphatic heterocycles. The Hall–Kier alpha value is -0.180. The monoisotopic (exact) mass is 167 g/mol. The van der Waals surface area contributed by atoms with E-state index < -0.39 is 18.0 Å². The molecule has 0 aliphatic carbocycles. The van der Waals surface area contributed by atoms with Crippen molar-refractivity contribution in [3.05, 3.63) is 0 Å². The fourth-order valence-corrected chi connectivity index (χ4v) is 0. The molecule has 0 saturated carbocycles. The summed E-state index contributed by atoms with van der Waals surface area (Å²) in [5.41, 5.74) is 0. The topological polar surface area (TPSA) is 69.6 Å². The fourth-order valence-electron chi connectivity index (χ4n) is 0. The van der Waals surface area contributed by atoms with E-state index in [1.165, 1.54) is 0 Å². The molecule has 0 bridgehead atoms. The Balaban J connectivity index is 0. The van der Waals surface area contributed by atoms with Crippen LogP contribution in [0.2, 0.25) is 0 Å². The molecule has 0 aromatic heterocycles. The number of alkyl halides is 3. The van der Waals surface area contributed by atoms with Gasteiger partial charge in [0.15, 0.2) is 0 Å². The summed E-state index contributed by atoms with van der Waals surface area (Å²) in [4.78, 5) is 0. The van der Waals surface area contributed by atoms with Crippen molar-refractivity contribution in [2.75, 3.05) is 0 Å². The molecule has 0 amide bonds. The van der Waals surface area contributed by atoms with Crippen LogP contribution >= 0.6 is 0 Å². The van der Waals surface area contributed by atoms with Crippen molar-refractivity contribution in [3.8, 4) is 0 Å². The van der Waals surface area contributed by atoms with Crippen molar-refractivity contribution in [2.45, 2.75) is 6.68 Å². The Kier molecular flexibility index (Phi) is 10.1. The quantitative estimate of drug-likeness (QED) is 0.349. The zero-order valence-electron chi connectivity index (χ0n) is 3.79. The molecule has 0 spiro atoms. The standard InChI is InChI=1S/CHF3.H2O4S/c2-1(3)4;1-4-5(2)3/h1H;1H,(H,2,3)/p-1. The first-order chi connectivity index (χ1) is 4.00. The van der Waals surface area contributed by atoms with Crippen LogP contribution in [0, 0.1) is 0 Å². The Morgan fingerprint density at radius 3 is 1.67 bits per heavy atom. The molecule has 0 aromatic rings. The van der Waals surface area contributed by atoms with E-state index in [0.717, 1.165) is 0 Å². The smallest absolute Gasteiger partial charge is 0.379 e. The van der Waals surface area contributed by atoms with Gasteiger partial charge in [-0.25, -0.2) is 9.47 Å². The third-order valence-electron chi connectivity index (χ3n) is 0.0609. The van der Waals surface area contributed by atoms with Gasteiger partial charge >= 0.3 is 6.68 Å². The van der Waals surface area contributed by atoms with E-state index in [9.17, 15) is 13.2 Å². The third-order valence-corrected chi connectivity index (χ3v) is 0.183. The molecule has 58 valence electrons. The van der Waals surface area contributed by atoms with Gasteiger partial charge in [0.25, 0.3) is 0 Å². The molecule has 0 aromatic carbocycles. The number of hydrogen-bond donors (Lipinski definition) is 1. The molecule has 9 heavy (non-hydrogen) atoms. The minimum atomic E-state index is -3.67. The molecular weight excluding hydrogens is 165 g/mol. The van der Waals surface area contributed by atoms with Gasteiger partial charge < -0.3 is 4.55 Å². The first-order valence-electron chi connectivity index (χ1n) is 1.34. The summed E-state index contributed by atoms with van der Waals surface area (Å²) in [7, 11) is 0. The summed E-state index contributed by atoms with van der Waals surface area (Å²) < 4.78 is 49.5. The molecular formula is CH2F3O4S-. The van der Waals surface area contributed by atoms with Gasteiger partial charge in [-0.15, -0.1) is 4.33 Å². The zero-order chi connectivity index (χ0) is 7.86. The van der Waals surface area contributed by atoms with Gasteiger partial charge in [-0.1, -0.05) is 0 Å². The van der Waals surface area contributed by atoms with Gasteiger partial charge in [0.05, 0.1) is 0 Å². The number of hydrogen-bond acceptors (Lipinski definition) is 4. The van der Waals surface area contributed by atoms with Crippen molar-refractivity contribution in [3.63, 3.8) is 0 Å². The van der Waals surface area contributed by atoms with E-state index >= 15 is 0 Å². The molecule has 8 heteroatoms. The van der Waals surface area contributed by atoms with E-state index in [2.05, 4.69) is 4.33 Å². The molecule has 0 aliphatic rings. The van der Waals surface area contributed by atoms with E-state index in [0.29, 0.717) is 0 Å². The number of rotatable bonds is 1. The maximum Gasteiger partial charge on any atom is 0.379 e. The van der Waals surface area contributed by atoms with Crippen molar-refractivity contribution in [1.29, 1.82) is 0 Å². The van der Waals surface area contributed by atoms with Crippen molar-refractivity contribution in [1.82, 2.24) is 0 Å². The van der Waals surface area contributed by atoms with Crippen LogP contribution in [0.3, 0.4) is 0 Å². The first kappa shape index (κ1) is 11.6. The van der Waals surface area contributed by atoms with Gasteiger partial charge in [-0.2, -0.15) is 13.2 Å². The second kappa shape index (κ2) is 7.82. The summed E-state index contributed by atoms with van der Waals surface area (Å²) in [5.74, 6) is 0. The lowest BCUT2D eigenvalue weighted by Crippen LogP contribution is -1.86. The lowest BCUT2D eigenvalue weighted by Gasteiger charge is -1.91. The summed E-state index contributed by atoms with van der Waals surface area (Å²) in [6.45, 7) is -3.67. The van der Waals surface area contributed by atoms with Crippen LogP contribution in [0.4, 0.5) is 13.2 Å². The maximum absolute atomic E-state index is 9.67. The Labute approximate surface area is 50.7 Å². The van der Waals surface area contributed by atoms with Gasteiger partial charge in [-0.05, 0) is 0 Å². The van der Waals surface area contributed by atoms with Gasteiger partial charge in [0, 0.05) is 0 Å². The lowest BCUT2D eigenvalue weighted by atomic mass is 11.6. The van der Waals surface area contributed by atoms with Crippen LogP contribution < -0.4 is 0 Å². The predicted octanol–water partition coefficient (Wildman–Crippen LogP) is 0.449. The minimum Gasteiger partial charge on any atom is -0.748 e. The minimum absolute atomic E-state index is 2.67. The average molecular weight is 167 g/mol. The average Bonchev–Trinajstić information content (AvgIpc) is 1.65. The predicted molar refractivity (Wildman–Crippen MR) is 19.7 cm³/mol.